The van der Waals surface area contributed by atoms with Crippen LogP contribution in [0, 0.1) is 0 Å². The van der Waals surface area contributed by atoms with E-state index >= 15 is 0 Å². The number of methoxy groups -OCH3 is 1. The van der Waals surface area contributed by atoms with Gasteiger partial charge >= 0.3 is 0 Å². The van der Waals surface area contributed by atoms with Crippen molar-refractivity contribution in [3.63, 3.8) is 0 Å². The Morgan fingerprint density at radius 1 is 1.10 bits per heavy atom. The predicted molar refractivity (Wildman–Crippen MR) is 127 cm³/mol. The van der Waals surface area contributed by atoms with E-state index in [9.17, 15) is 0 Å². The molecule has 2 aromatic heterocycles. The summed E-state index contributed by atoms with van der Waals surface area (Å²) in [6.07, 6.45) is 4.85. The molecule has 2 heterocycles. The van der Waals surface area contributed by atoms with Crippen molar-refractivity contribution in [2.24, 2.45) is 4.99 Å². The molecule has 29 heavy (non-hydrogen) atoms. The number of ether oxygens (including phenoxy) is 2. The van der Waals surface area contributed by atoms with Gasteiger partial charge in [0.2, 0.25) is 0 Å². The van der Waals surface area contributed by atoms with Crippen molar-refractivity contribution < 1.29 is 9.47 Å². The minimum absolute atomic E-state index is 0. The number of rotatable bonds is 9. The fraction of sp³-hybridized carbons (Fsp3) is 0.333. The smallest absolute Gasteiger partial charge is 0.191 e. The first-order valence-corrected chi connectivity index (χ1v) is 9.50. The lowest BCUT2D eigenvalue weighted by Gasteiger charge is -2.12. The van der Waals surface area contributed by atoms with Crippen LogP contribution in [0.4, 0.5) is 0 Å². The minimum Gasteiger partial charge on any atom is -0.497 e. The standard InChI is InChI=1S/C21H27N5O2.HI/c1-3-22-21(24-13-15-28-19-9-7-18(27-2)8-10-19)23-12-11-17-16-26-14-5-4-6-20(26)25-17;/h4-10,14,16H,3,11-13,15H2,1-2H3,(H2,22,23,24);1H. The number of aromatic nitrogens is 2. The summed E-state index contributed by atoms with van der Waals surface area (Å²) >= 11 is 0. The second-order valence-electron chi connectivity index (χ2n) is 6.16. The van der Waals surface area contributed by atoms with E-state index in [0.717, 1.165) is 41.8 Å². The quantitative estimate of drug-likeness (QED) is 0.201. The van der Waals surface area contributed by atoms with Gasteiger partial charge in [0.05, 0.1) is 19.3 Å². The summed E-state index contributed by atoms with van der Waals surface area (Å²) in [4.78, 5) is 9.22. The maximum absolute atomic E-state index is 5.73. The molecule has 3 rings (SSSR count). The molecule has 2 N–H and O–H groups in total. The van der Waals surface area contributed by atoms with Gasteiger partial charge in [0.15, 0.2) is 5.96 Å². The largest absolute Gasteiger partial charge is 0.497 e. The van der Waals surface area contributed by atoms with E-state index in [0.29, 0.717) is 19.7 Å². The molecule has 0 amide bonds. The van der Waals surface area contributed by atoms with Gasteiger partial charge in [-0.05, 0) is 43.3 Å². The molecular formula is C21H28IN5O2. The zero-order chi connectivity index (χ0) is 19.6. The second-order valence-corrected chi connectivity index (χ2v) is 6.16. The van der Waals surface area contributed by atoms with Gasteiger partial charge in [0.25, 0.3) is 0 Å². The van der Waals surface area contributed by atoms with Gasteiger partial charge in [0.1, 0.15) is 23.8 Å². The molecular weight excluding hydrogens is 481 g/mol. The Balaban J connectivity index is 0.00000300. The molecule has 0 bridgehead atoms. The third-order valence-corrected chi connectivity index (χ3v) is 4.12. The van der Waals surface area contributed by atoms with Crippen molar-refractivity contribution in [1.82, 2.24) is 20.0 Å². The summed E-state index contributed by atoms with van der Waals surface area (Å²) in [5.41, 5.74) is 2.00. The zero-order valence-electron chi connectivity index (χ0n) is 16.8. The predicted octanol–water partition coefficient (Wildman–Crippen LogP) is 3.14. The number of halogens is 1. The summed E-state index contributed by atoms with van der Waals surface area (Å²) in [5, 5.41) is 6.54. The molecule has 8 heteroatoms. The number of hydrogen-bond donors (Lipinski definition) is 2. The highest BCUT2D eigenvalue weighted by atomic mass is 127. The maximum Gasteiger partial charge on any atom is 0.191 e. The van der Waals surface area contributed by atoms with Crippen LogP contribution in [0.2, 0.25) is 0 Å². The summed E-state index contributed by atoms with van der Waals surface area (Å²) in [6.45, 7) is 4.72. The lowest BCUT2D eigenvalue weighted by molar-refractivity contribution is 0.321. The molecule has 0 unspecified atom stereocenters. The normalized spacial score (nSPS) is 11.0. The Hall–Kier alpha value is -2.49. The third kappa shape index (κ3) is 7.12. The average molecular weight is 509 g/mol. The molecule has 0 aliphatic carbocycles. The second kappa shape index (κ2) is 12.2. The van der Waals surface area contributed by atoms with Gasteiger partial charge < -0.3 is 24.5 Å². The number of guanidine groups is 1. The number of pyridine rings is 1. The molecule has 0 fully saturated rings. The number of benzene rings is 1. The molecule has 7 nitrogen and oxygen atoms in total. The number of fused-ring (bicyclic) bond motifs is 1. The Bertz CT molecular complexity index is 862. The average Bonchev–Trinajstić information content (AvgIpc) is 3.14. The maximum atomic E-state index is 5.73. The molecule has 156 valence electrons. The number of hydrogen-bond acceptors (Lipinski definition) is 4. The zero-order valence-corrected chi connectivity index (χ0v) is 19.1. The Morgan fingerprint density at radius 3 is 2.62 bits per heavy atom. The van der Waals surface area contributed by atoms with Crippen LogP contribution in [-0.4, -0.2) is 48.7 Å². The van der Waals surface area contributed by atoms with E-state index in [1.807, 2.05) is 66.2 Å². The lowest BCUT2D eigenvalue weighted by Crippen LogP contribution is -2.39. The van der Waals surface area contributed by atoms with Crippen molar-refractivity contribution in [1.29, 1.82) is 0 Å². The van der Waals surface area contributed by atoms with E-state index < -0.39 is 0 Å². The van der Waals surface area contributed by atoms with E-state index in [4.69, 9.17) is 9.47 Å². The van der Waals surface area contributed by atoms with Crippen LogP contribution >= 0.6 is 24.0 Å². The van der Waals surface area contributed by atoms with E-state index in [-0.39, 0.29) is 24.0 Å². The van der Waals surface area contributed by atoms with Crippen molar-refractivity contribution in [3.05, 3.63) is 60.6 Å². The highest BCUT2D eigenvalue weighted by Crippen LogP contribution is 2.16. The first-order valence-electron chi connectivity index (χ1n) is 9.50. The molecule has 0 saturated carbocycles. The van der Waals surface area contributed by atoms with Gasteiger partial charge in [-0.2, -0.15) is 0 Å². The lowest BCUT2D eigenvalue weighted by atomic mass is 10.3. The highest BCUT2D eigenvalue weighted by molar-refractivity contribution is 14.0. The van der Waals surface area contributed by atoms with Crippen molar-refractivity contribution in [2.75, 3.05) is 33.4 Å². The minimum atomic E-state index is 0. The molecule has 1 aromatic carbocycles. The molecule has 0 radical (unpaired) electrons. The van der Waals surface area contributed by atoms with Gasteiger partial charge in [-0.15, -0.1) is 24.0 Å². The SMILES string of the molecule is CCNC(=NCCc1cn2ccccc2n1)NCCOc1ccc(OC)cc1.I. The van der Waals surface area contributed by atoms with Crippen LogP contribution in [0.1, 0.15) is 12.6 Å². The molecule has 0 spiro atoms. The number of nitrogens with zero attached hydrogens (tertiary/aromatic N) is 3. The van der Waals surface area contributed by atoms with Crippen molar-refractivity contribution in [2.45, 2.75) is 13.3 Å². The molecule has 3 aromatic rings. The first kappa shape index (κ1) is 22.8. The Kier molecular flexibility index (Phi) is 9.55. The van der Waals surface area contributed by atoms with E-state index in [1.54, 1.807) is 7.11 Å². The fourth-order valence-electron chi connectivity index (χ4n) is 2.74. The van der Waals surface area contributed by atoms with Crippen LogP contribution in [0.25, 0.3) is 5.65 Å². The summed E-state index contributed by atoms with van der Waals surface area (Å²) in [7, 11) is 1.65. The molecule has 0 saturated heterocycles. The molecule has 0 atom stereocenters. The van der Waals surface area contributed by atoms with Crippen LogP contribution in [-0.2, 0) is 6.42 Å². The summed E-state index contributed by atoms with van der Waals surface area (Å²) in [6, 6.07) is 13.5. The highest BCUT2D eigenvalue weighted by Gasteiger charge is 2.02. The number of imidazole rings is 1. The monoisotopic (exact) mass is 509 g/mol. The number of nitrogens with one attached hydrogen (secondary N) is 2. The Labute approximate surface area is 188 Å². The van der Waals surface area contributed by atoms with Crippen LogP contribution in [0.5, 0.6) is 11.5 Å². The summed E-state index contributed by atoms with van der Waals surface area (Å²) in [5.74, 6) is 2.42. The van der Waals surface area contributed by atoms with Crippen molar-refractivity contribution >= 4 is 35.6 Å². The molecule has 0 aliphatic rings. The Morgan fingerprint density at radius 2 is 1.90 bits per heavy atom. The van der Waals surface area contributed by atoms with Gasteiger partial charge in [-0.25, -0.2) is 4.98 Å². The third-order valence-electron chi connectivity index (χ3n) is 4.12. The van der Waals surface area contributed by atoms with Crippen LogP contribution < -0.4 is 20.1 Å². The van der Waals surface area contributed by atoms with Gasteiger partial charge in [-0.3, -0.25) is 4.99 Å². The van der Waals surface area contributed by atoms with Gasteiger partial charge in [0, 0.05) is 31.9 Å². The fourth-order valence-corrected chi connectivity index (χ4v) is 2.74. The van der Waals surface area contributed by atoms with E-state index in [1.165, 1.54) is 0 Å². The van der Waals surface area contributed by atoms with Crippen LogP contribution in [0.3, 0.4) is 0 Å². The summed E-state index contributed by atoms with van der Waals surface area (Å²) < 4.78 is 12.9. The number of aliphatic imine (C=N–C) groups is 1. The van der Waals surface area contributed by atoms with Crippen molar-refractivity contribution in [3.8, 4) is 11.5 Å². The van der Waals surface area contributed by atoms with Crippen LogP contribution in [0.15, 0.2) is 59.9 Å². The van der Waals surface area contributed by atoms with Gasteiger partial charge in [-0.1, -0.05) is 6.07 Å². The topological polar surface area (TPSA) is 72.2 Å². The van der Waals surface area contributed by atoms with E-state index in [2.05, 4.69) is 20.6 Å². The molecule has 0 aliphatic heterocycles. The first-order chi connectivity index (χ1) is 13.8.